The molecule has 10 nitrogen and oxygen atoms in total. The van der Waals surface area contributed by atoms with Crippen molar-refractivity contribution in [2.24, 2.45) is 0 Å². The van der Waals surface area contributed by atoms with Gasteiger partial charge in [-0.3, -0.25) is 35.1 Å². The number of hydrogen-bond donors (Lipinski definition) is 0. The topological polar surface area (TPSA) is 146 Å². The SMILES string of the molecule is O=Cc1cc([N+](=O)[O-])c2ccc([N+](=O)[O-])cc2c1[N+](=O)[O-]. The lowest BCUT2D eigenvalue weighted by Gasteiger charge is -2.03. The van der Waals surface area contributed by atoms with Gasteiger partial charge in [-0.05, 0) is 6.07 Å². The van der Waals surface area contributed by atoms with Gasteiger partial charge < -0.3 is 0 Å². The van der Waals surface area contributed by atoms with Gasteiger partial charge in [0, 0.05) is 18.2 Å². The van der Waals surface area contributed by atoms with Crippen molar-refractivity contribution in [3.63, 3.8) is 0 Å². The molecule has 0 atom stereocenters. The molecule has 0 bridgehead atoms. The Morgan fingerprint density at radius 2 is 1.52 bits per heavy atom. The highest BCUT2D eigenvalue weighted by molar-refractivity contribution is 6.04. The maximum absolute atomic E-state index is 11.1. The summed E-state index contributed by atoms with van der Waals surface area (Å²) in [6, 6.07) is 3.67. The minimum Gasteiger partial charge on any atom is -0.298 e. The van der Waals surface area contributed by atoms with Gasteiger partial charge >= 0.3 is 0 Å². The molecule has 2 aromatic carbocycles. The highest BCUT2D eigenvalue weighted by Crippen LogP contribution is 2.37. The van der Waals surface area contributed by atoms with Gasteiger partial charge in [-0.25, -0.2) is 0 Å². The Labute approximate surface area is 115 Å². The van der Waals surface area contributed by atoms with E-state index in [2.05, 4.69) is 0 Å². The summed E-state index contributed by atoms with van der Waals surface area (Å²) in [6.07, 6.45) is 0.101. The van der Waals surface area contributed by atoms with E-state index in [1.165, 1.54) is 0 Å². The van der Waals surface area contributed by atoms with Gasteiger partial charge in [0.1, 0.15) is 0 Å². The van der Waals surface area contributed by atoms with Crippen LogP contribution in [0.5, 0.6) is 0 Å². The average Bonchev–Trinajstić information content (AvgIpc) is 2.43. The van der Waals surface area contributed by atoms with E-state index in [-0.39, 0.29) is 17.1 Å². The third-order valence-corrected chi connectivity index (χ3v) is 2.82. The van der Waals surface area contributed by atoms with Gasteiger partial charge in [0.2, 0.25) is 0 Å². The van der Waals surface area contributed by atoms with Crippen LogP contribution in [-0.4, -0.2) is 21.1 Å². The second-order valence-corrected chi connectivity index (χ2v) is 3.95. The summed E-state index contributed by atoms with van der Waals surface area (Å²) < 4.78 is 0. The summed E-state index contributed by atoms with van der Waals surface area (Å²) in [5.74, 6) is 0. The van der Waals surface area contributed by atoms with Crippen LogP contribution < -0.4 is 0 Å². The van der Waals surface area contributed by atoms with Crippen LogP contribution in [0.3, 0.4) is 0 Å². The van der Waals surface area contributed by atoms with Gasteiger partial charge in [0.15, 0.2) is 6.29 Å². The van der Waals surface area contributed by atoms with Gasteiger partial charge in [-0.2, -0.15) is 0 Å². The maximum Gasteiger partial charge on any atom is 0.288 e. The zero-order chi connectivity index (χ0) is 15.7. The molecule has 2 rings (SSSR count). The van der Waals surface area contributed by atoms with E-state index in [1.807, 2.05) is 0 Å². The number of carbonyl (C=O) groups excluding carboxylic acids is 1. The van der Waals surface area contributed by atoms with Crippen molar-refractivity contribution in [2.45, 2.75) is 0 Å². The van der Waals surface area contributed by atoms with Crippen molar-refractivity contribution < 1.29 is 19.6 Å². The fourth-order valence-corrected chi connectivity index (χ4v) is 1.96. The van der Waals surface area contributed by atoms with Crippen LogP contribution in [0.25, 0.3) is 10.8 Å². The quantitative estimate of drug-likeness (QED) is 0.477. The number of carbonyl (C=O) groups is 1. The number of rotatable bonds is 4. The molecule has 0 fully saturated rings. The Balaban J connectivity index is 3.03. The van der Waals surface area contributed by atoms with Crippen LogP contribution in [0, 0.1) is 30.3 Å². The summed E-state index contributed by atoms with van der Waals surface area (Å²) in [5, 5.41) is 32.3. The van der Waals surface area contributed by atoms with Crippen LogP contribution in [0.4, 0.5) is 17.1 Å². The van der Waals surface area contributed by atoms with Crippen molar-refractivity contribution in [2.75, 3.05) is 0 Å². The first-order valence-electron chi connectivity index (χ1n) is 5.36. The average molecular weight is 291 g/mol. The minimum atomic E-state index is -0.903. The molecule has 0 aliphatic heterocycles. The van der Waals surface area contributed by atoms with Crippen LogP contribution >= 0.6 is 0 Å². The van der Waals surface area contributed by atoms with Crippen LogP contribution in [-0.2, 0) is 0 Å². The number of aldehydes is 1. The Morgan fingerprint density at radius 3 is 2.00 bits per heavy atom. The molecule has 21 heavy (non-hydrogen) atoms. The first-order valence-corrected chi connectivity index (χ1v) is 5.36. The molecule has 106 valence electrons. The number of non-ortho nitro benzene ring substituents is 2. The zero-order valence-electron chi connectivity index (χ0n) is 10.1. The second kappa shape index (κ2) is 4.92. The lowest BCUT2D eigenvalue weighted by molar-refractivity contribution is -0.387. The Bertz CT molecular complexity index is 815. The summed E-state index contributed by atoms with van der Waals surface area (Å²) in [6.45, 7) is 0. The smallest absolute Gasteiger partial charge is 0.288 e. The predicted molar refractivity (Wildman–Crippen MR) is 69.3 cm³/mol. The molecule has 0 N–H and O–H groups in total. The molecule has 0 saturated heterocycles. The third kappa shape index (κ3) is 2.25. The molecular weight excluding hydrogens is 286 g/mol. The molecule has 0 amide bonds. The third-order valence-electron chi connectivity index (χ3n) is 2.82. The molecule has 0 heterocycles. The normalized spacial score (nSPS) is 10.3. The van der Waals surface area contributed by atoms with Crippen molar-refractivity contribution in [3.8, 4) is 0 Å². The van der Waals surface area contributed by atoms with E-state index in [0.717, 1.165) is 24.3 Å². The van der Waals surface area contributed by atoms with E-state index in [1.54, 1.807) is 0 Å². The molecule has 0 aromatic heterocycles. The lowest BCUT2D eigenvalue weighted by Crippen LogP contribution is -2.00. The molecule has 2 aromatic rings. The number of benzene rings is 2. The second-order valence-electron chi connectivity index (χ2n) is 3.95. The number of hydrogen-bond acceptors (Lipinski definition) is 7. The summed E-state index contributed by atoms with van der Waals surface area (Å²) >= 11 is 0. The maximum atomic E-state index is 11.1. The van der Waals surface area contributed by atoms with E-state index >= 15 is 0 Å². The summed E-state index contributed by atoms with van der Waals surface area (Å²) in [5.41, 5.74) is -2.22. The number of nitrogens with zero attached hydrogens (tertiary/aromatic N) is 3. The van der Waals surface area contributed by atoms with Gasteiger partial charge in [-0.1, -0.05) is 0 Å². The van der Waals surface area contributed by atoms with Crippen molar-refractivity contribution in [1.29, 1.82) is 0 Å². The van der Waals surface area contributed by atoms with E-state index in [9.17, 15) is 35.1 Å². The summed E-state index contributed by atoms with van der Waals surface area (Å²) in [7, 11) is 0. The van der Waals surface area contributed by atoms with E-state index < -0.39 is 37.4 Å². The molecule has 0 aliphatic rings. The Hall–Kier alpha value is -3.43. The zero-order valence-corrected chi connectivity index (χ0v) is 10.1. The largest absolute Gasteiger partial charge is 0.298 e. The molecule has 10 heteroatoms. The molecule has 0 aliphatic carbocycles. The number of fused-ring (bicyclic) bond motifs is 1. The van der Waals surface area contributed by atoms with Crippen LogP contribution in [0.15, 0.2) is 24.3 Å². The van der Waals surface area contributed by atoms with Crippen molar-refractivity contribution >= 4 is 34.1 Å². The Morgan fingerprint density at radius 1 is 0.857 bits per heavy atom. The highest BCUT2D eigenvalue weighted by Gasteiger charge is 2.27. The van der Waals surface area contributed by atoms with Crippen molar-refractivity contribution in [3.05, 3.63) is 60.2 Å². The molecule has 0 spiro atoms. The van der Waals surface area contributed by atoms with Gasteiger partial charge in [-0.15, -0.1) is 0 Å². The van der Waals surface area contributed by atoms with Crippen LogP contribution in [0.2, 0.25) is 0 Å². The fraction of sp³-hybridized carbons (Fsp3) is 0. The van der Waals surface area contributed by atoms with E-state index in [0.29, 0.717) is 0 Å². The molecular formula is C11H5N3O7. The number of nitro benzene ring substituents is 3. The predicted octanol–water partition coefficient (Wildman–Crippen LogP) is 2.38. The number of nitro groups is 3. The first-order chi connectivity index (χ1) is 9.86. The molecule has 0 saturated carbocycles. The van der Waals surface area contributed by atoms with Crippen molar-refractivity contribution in [1.82, 2.24) is 0 Å². The monoisotopic (exact) mass is 291 g/mol. The van der Waals surface area contributed by atoms with Gasteiger partial charge in [0.25, 0.3) is 17.1 Å². The lowest BCUT2D eigenvalue weighted by atomic mass is 10.0. The standard InChI is InChI=1S/C11H5N3O7/c15-5-6-3-10(13(18)19)8-2-1-7(12(16)17)4-9(8)11(6)14(20)21/h1-5H. The molecule has 0 radical (unpaired) electrons. The van der Waals surface area contributed by atoms with E-state index in [4.69, 9.17) is 0 Å². The summed E-state index contributed by atoms with van der Waals surface area (Å²) in [4.78, 5) is 41.2. The molecule has 0 unspecified atom stereocenters. The fourth-order valence-electron chi connectivity index (χ4n) is 1.96. The van der Waals surface area contributed by atoms with Gasteiger partial charge in [0.05, 0.1) is 31.1 Å². The minimum absolute atomic E-state index is 0.101. The van der Waals surface area contributed by atoms with Crippen LogP contribution in [0.1, 0.15) is 10.4 Å². The highest BCUT2D eigenvalue weighted by atomic mass is 16.6. The Kier molecular flexibility index (Phi) is 3.28. The first kappa shape index (κ1) is 14.0.